The Bertz CT molecular complexity index is 619. The van der Waals surface area contributed by atoms with Crippen LogP contribution in [0.15, 0.2) is 18.2 Å². The molecule has 0 saturated carbocycles. The number of ether oxygens (including phenoxy) is 2. The predicted octanol–water partition coefficient (Wildman–Crippen LogP) is 1.07. The second-order valence-electron chi connectivity index (χ2n) is 5.17. The van der Waals surface area contributed by atoms with Crippen molar-refractivity contribution in [2.75, 3.05) is 26.1 Å². The largest absolute Gasteiger partial charge is 0.495 e. The first-order valence-electron chi connectivity index (χ1n) is 6.44. The Labute approximate surface area is 116 Å². The van der Waals surface area contributed by atoms with Crippen LogP contribution in [0.5, 0.6) is 5.75 Å². The molecule has 0 amide bonds. The van der Waals surface area contributed by atoms with E-state index in [0.29, 0.717) is 23.9 Å². The molecule has 1 aliphatic heterocycles. The molecule has 0 spiro atoms. The molecule has 1 aliphatic rings. The van der Waals surface area contributed by atoms with Crippen molar-refractivity contribution in [1.29, 1.82) is 0 Å². The summed E-state index contributed by atoms with van der Waals surface area (Å²) in [5, 5.41) is 12.1. The van der Waals surface area contributed by atoms with Crippen LogP contribution in [0.4, 0.5) is 5.69 Å². The van der Waals surface area contributed by atoms with E-state index in [0.717, 1.165) is 18.6 Å². The van der Waals surface area contributed by atoms with Crippen molar-refractivity contribution >= 4 is 5.69 Å². The van der Waals surface area contributed by atoms with E-state index in [4.69, 9.17) is 15.2 Å². The molecule has 7 heteroatoms. The third-order valence-electron chi connectivity index (χ3n) is 3.67. The Hall–Kier alpha value is -2.15. The van der Waals surface area contributed by atoms with Crippen LogP contribution >= 0.6 is 0 Å². The Morgan fingerprint density at radius 2 is 2.30 bits per heavy atom. The average Bonchev–Trinajstić information content (AvgIpc) is 3.09. The Morgan fingerprint density at radius 1 is 1.45 bits per heavy atom. The molecule has 20 heavy (non-hydrogen) atoms. The molecule has 0 radical (unpaired) electrons. The van der Waals surface area contributed by atoms with Crippen LogP contribution in [0.2, 0.25) is 0 Å². The summed E-state index contributed by atoms with van der Waals surface area (Å²) in [5.74, 6) is 1.31. The van der Waals surface area contributed by atoms with Crippen molar-refractivity contribution in [2.45, 2.75) is 18.9 Å². The Kier molecular flexibility index (Phi) is 3.06. The van der Waals surface area contributed by atoms with Gasteiger partial charge in [0.05, 0.1) is 24.9 Å². The van der Waals surface area contributed by atoms with Crippen molar-refractivity contribution in [2.24, 2.45) is 0 Å². The highest BCUT2D eigenvalue weighted by atomic mass is 16.5. The van der Waals surface area contributed by atoms with Gasteiger partial charge in [-0.05, 0) is 42.0 Å². The summed E-state index contributed by atoms with van der Waals surface area (Å²) in [6, 6.07) is 5.52. The lowest BCUT2D eigenvalue weighted by Crippen LogP contribution is -2.32. The van der Waals surface area contributed by atoms with Crippen LogP contribution < -0.4 is 10.5 Å². The number of hydrogen-bond donors (Lipinski definition) is 1. The summed E-state index contributed by atoms with van der Waals surface area (Å²) in [6.07, 6.45) is 0.886. The molecule has 1 aromatic heterocycles. The van der Waals surface area contributed by atoms with Gasteiger partial charge in [-0.15, -0.1) is 5.10 Å². The van der Waals surface area contributed by atoms with E-state index in [1.165, 1.54) is 0 Å². The first kappa shape index (κ1) is 12.9. The highest BCUT2D eigenvalue weighted by Crippen LogP contribution is 2.32. The van der Waals surface area contributed by atoms with Crippen molar-refractivity contribution in [1.82, 2.24) is 20.2 Å². The zero-order valence-electron chi connectivity index (χ0n) is 11.5. The normalized spacial score (nSPS) is 22.1. The summed E-state index contributed by atoms with van der Waals surface area (Å²) in [6.45, 7) is 3.42. The maximum absolute atomic E-state index is 5.84. The zero-order valence-corrected chi connectivity index (χ0v) is 11.5. The molecule has 0 aliphatic carbocycles. The van der Waals surface area contributed by atoms with Crippen molar-refractivity contribution < 1.29 is 9.47 Å². The molecule has 0 bridgehead atoms. The van der Waals surface area contributed by atoms with Gasteiger partial charge in [-0.3, -0.25) is 0 Å². The Balaban J connectivity index is 2.05. The highest BCUT2D eigenvalue weighted by molar-refractivity contribution is 5.65. The molecule has 1 unspecified atom stereocenters. The molecular formula is C13H17N5O2. The maximum atomic E-state index is 5.84. The fourth-order valence-corrected chi connectivity index (χ4v) is 2.40. The van der Waals surface area contributed by atoms with Gasteiger partial charge < -0.3 is 15.2 Å². The Morgan fingerprint density at radius 3 is 3.00 bits per heavy atom. The molecule has 2 N–H and O–H groups in total. The molecule has 2 heterocycles. The van der Waals surface area contributed by atoms with Gasteiger partial charge in [-0.2, -0.15) is 0 Å². The number of nitrogen functional groups attached to an aromatic ring is 1. The third kappa shape index (κ3) is 2.00. The number of methoxy groups -OCH3 is 1. The quantitative estimate of drug-likeness (QED) is 0.843. The molecule has 1 saturated heterocycles. The van der Waals surface area contributed by atoms with Crippen molar-refractivity contribution in [3.8, 4) is 17.1 Å². The van der Waals surface area contributed by atoms with E-state index in [-0.39, 0.29) is 5.54 Å². The average molecular weight is 275 g/mol. The summed E-state index contributed by atoms with van der Waals surface area (Å²) in [7, 11) is 1.59. The van der Waals surface area contributed by atoms with Crippen LogP contribution in [0.3, 0.4) is 0 Å². The lowest BCUT2D eigenvalue weighted by atomic mass is 10.0. The van der Waals surface area contributed by atoms with Crippen LogP contribution in [-0.4, -0.2) is 40.5 Å². The zero-order chi connectivity index (χ0) is 14.2. The fraction of sp³-hybridized carbons (Fsp3) is 0.462. The highest BCUT2D eigenvalue weighted by Gasteiger charge is 2.35. The second kappa shape index (κ2) is 4.75. The topological polar surface area (TPSA) is 88.1 Å². The lowest BCUT2D eigenvalue weighted by Gasteiger charge is -2.23. The summed E-state index contributed by atoms with van der Waals surface area (Å²) < 4.78 is 12.5. The summed E-state index contributed by atoms with van der Waals surface area (Å²) >= 11 is 0. The van der Waals surface area contributed by atoms with Gasteiger partial charge in [0.15, 0.2) is 5.82 Å². The summed E-state index contributed by atoms with van der Waals surface area (Å²) in [5.41, 5.74) is 7.08. The van der Waals surface area contributed by atoms with E-state index in [1.54, 1.807) is 13.2 Å². The van der Waals surface area contributed by atoms with E-state index in [1.807, 2.05) is 16.8 Å². The second-order valence-corrected chi connectivity index (χ2v) is 5.17. The van der Waals surface area contributed by atoms with E-state index in [9.17, 15) is 0 Å². The van der Waals surface area contributed by atoms with Crippen LogP contribution in [-0.2, 0) is 10.3 Å². The molecule has 7 nitrogen and oxygen atoms in total. The SMILES string of the molecule is COc1cc(-c2nnnn2C2(C)CCOC2)ccc1N. The number of benzene rings is 1. The maximum Gasteiger partial charge on any atom is 0.182 e. The molecule has 3 rings (SSSR count). The molecule has 2 aromatic rings. The van der Waals surface area contributed by atoms with Gasteiger partial charge in [-0.25, -0.2) is 4.68 Å². The van der Waals surface area contributed by atoms with Crippen LogP contribution in [0.1, 0.15) is 13.3 Å². The molecule has 1 aromatic carbocycles. The third-order valence-corrected chi connectivity index (χ3v) is 3.67. The number of nitrogens with two attached hydrogens (primary N) is 1. The first-order valence-corrected chi connectivity index (χ1v) is 6.44. The number of anilines is 1. The van der Waals surface area contributed by atoms with Crippen LogP contribution in [0, 0.1) is 0 Å². The van der Waals surface area contributed by atoms with Gasteiger partial charge in [0.25, 0.3) is 0 Å². The smallest absolute Gasteiger partial charge is 0.182 e. The predicted molar refractivity (Wildman–Crippen MR) is 73.3 cm³/mol. The van der Waals surface area contributed by atoms with Crippen molar-refractivity contribution in [3.63, 3.8) is 0 Å². The number of tetrazole rings is 1. The van der Waals surface area contributed by atoms with E-state index in [2.05, 4.69) is 22.4 Å². The number of aromatic nitrogens is 4. The van der Waals surface area contributed by atoms with Gasteiger partial charge in [0, 0.05) is 12.2 Å². The van der Waals surface area contributed by atoms with Crippen molar-refractivity contribution in [3.05, 3.63) is 18.2 Å². The minimum absolute atomic E-state index is 0.215. The number of rotatable bonds is 3. The van der Waals surface area contributed by atoms with Gasteiger partial charge in [0.1, 0.15) is 5.75 Å². The molecule has 106 valence electrons. The monoisotopic (exact) mass is 275 g/mol. The van der Waals surface area contributed by atoms with Gasteiger partial charge in [0.2, 0.25) is 0 Å². The fourth-order valence-electron chi connectivity index (χ4n) is 2.40. The standard InChI is InChI=1S/C13H17N5O2/c1-13(5-6-20-8-13)18-12(15-16-17-18)9-3-4-10(14)11(7-9)19-2/h3-4,7H,5-6,8,14H2,1-2H3. The van der Waals surface area contributed by atoms with E-state index < -0.39 is 0 Å². The first-order chi connectivity index (χ1) is 9.64. The minimum Gasteiger partial charge on any atom is -0.495 e. The minimum atomic E-state index is -0.215. The lowest BCUT2D eigenvalue weighted by molar-refractivity contribution is 0.155. The number of nitrogens with zero attached hydrogens (tertiary/aromatic N) is 4. The van der Waals surface area contributed by atoms with E-state index >= 15 is 0 Å². The van der Waals surface area contributed by atoms with Crippen LogP contribution in [0.25, 0.3) is 11.4 Å². The number of hydrogen-bond acceptors (Lipinski definition) is 6. The summed E-state index contributed by atoms with van der Waals surface area (Å²) in [4.78, 5) is 0. The van der Waals surface area contributed by atoms with Gasteiger partial charge in [-0.1, -0.05) is 0 Å². The molecular weight excluding hydrogens is 258 g/mol. The molecule has 1 fully saturated rings. The van der Waals surface area contributed by atoms with Gasteiger partial charge >= 0.3 is 0 Å². The molecule has 1 atom stereocenters.